The van der Waals surface area contributed by atoms with Gasteiger partial charge >= 0.3 is 0 Å². The minimum absolute atomic E-state index is 0.0320. The first-order chi connectivity index (χ1) is 16.2. The lowest BCUT2D eigenvalue weighted by Gasteiger charge is -2.37. The molecule has 1 aliphatic rings. The van der Waals surface area contributed by atoms with E-state index in [9.17, 15) is 18.4 Å². The van der Waals surface area contributed by atoms with Crippen LogP contribution in [-0.2, 0) is 4.79 Å². The summed E-state index contributed by atoms with van der Waals surface area (Å²) in [5.41, 5.74) is -0.0385. The van der Waals surface area contributed by atoms with Crippen molar-refractivity contribution in [1.29, 1.82) is 10.7 Å². The number of anilines is 1. The molecule has 2 amide bonds. The highest BCUT2D eigenvalue weighted by molar-refractivity contribution is 6.14. The van der Waals surface area contributed by atoms with Crippen molar-refractivity contribution in [2.45, 2.75) is 13.0 Å². The Morgan fingerprint density at radius 1 is 1.35 bits per heavy atom. The number of amides is 2. The zero-order chi connectivity index (χ0) is 24.6. The summed E-state index contributed by atoms with van der Waals surface area (Å²) >= 11 is 0. The maximum absolute atomic E-state index is 14.5. The third-order valence-corrected chi connectivity index (χ3v) is 5.55. The van der Waals surface area contributed by atoms with E-state index in [1.54, 1.807) is 0 Å². The topological polar surface area (TPSA) is 151 Å². The number of carbonyl (C=O) groups excluding carboxylic acids is 2. The van der Waals surface area contributed by atoms with Gasteiger partial charge in [0.25, 0.3) is 5.91 Å². The minimum Gasteiger partial charge on any atom is -0.387 e. The van der Waals surface area contributed by atoms with Gasteiger partial charge in [-0.3, -0.25) is 15.0 Å². The van der Waals surface area contributed by atoms with Crippen LogP contribution in [0.5, 0.6) is 0 Å². The first kappa shape index (κ1) is 22.8. The Bertz CT molecular complexity index is 1360. The summed E-state index contributed by atoms with van der Waals surface area (Å²) in [7, 11) is 1.47. The van der Waals surface area contributed by atoms with E-state index >= 15 is 0 Å². The number of nitrogens with one attached hydrogen (secondary N) is 4. The second kappa shape index (κ2) is 8.86. The SMILES string of the molecule is CNc1cc(F)cc(F)c1C(=N)c1cnc2[nH]cc(C(=O)NC(C)C(=O)N3CC(C#N)C3)c2n1. The Morgan fingerprint density at radius 3 is 2.76 bits per heavy atom. The van der Waals surface area contributed by atoms with Gasteiger partial charge in [-0.15, -0.1) is 0 Å². The van der Waals surface area contributed by atoms with Gasteiger partial charge in [-0.2, -0.15) is 5.26 Å². The Kier molecular flexibility index (Phi) is 5.93. The molecule has 3 heterocycles. The summed E-state index contributed by atoms with van der Waals surface area (Å²) in [6.07, 6.45) is 2.62. The molecule has 0 radical (unpaired) electrons. The molecule has 1 fully saturated rings. The minimum atomic E-state index is -0.944. The van der Waals surface area contributed by atoms with Gasteiger partial charge in [0.1, 0.15) is 28.9 Å². The van der Waals surface area contributed by atoms with E-state index in [2.05, 4.69) is 31.7 Å². The number of nitrogens with zero attached hydrogens (tertiary/aromatic N) is 4. The predicted molar refractivity (Wildman–Crippen MR) is 118 cm³/mol. The molecule has 1 aromatic carbocycles. The van der Waals surface area contributed by atoms with Crippen LogP contribution in [-0.4, -0.2) is 63.6 Å². The van der Waals surface area contributed by atoms with Gasteiger partial charge in [-0.25, -0.2) is 18.7 Å². The molecular weight excluding hydrogens is 446 g/mol. The van der Waals surface area contributed by atoms with E-state index < -0.39 is 23.6 Å². The third kappa shape index (κ3) is 4.03. The van der Waals surface area contributed by atoms with Crippen LogP contribution >= 0.6 is 0 Å². The summed E-state index contributed by atoms with van der Waals surface area (Å²) in [5, 5.41) is 22.5. The van der Waals surface area contributed by atoms with E-state index in [1.807, 2.05) is 0 Å². The molecule has 1 aliphatic heterocycles. The smallest absolute Gasteiger partial charge is 0.255 e. The van der Waals surface area contributed by atoms with Gasteiger partial charge in [0.05, 0.1) is 35.0 Å². The molecule has 12 heteroatoms. The van der Waals surface area contributed by atoms with E-state index in [1.165, 1.54) is 31.3 Å². The number of H-pyrrole nitrogens is 1. The summed E-state index contributed by atoms with van der Waals surface area (Å²) in [6, 6.07) is 2.98. The number of halogens is 2. The van der Waals surface area contributed by atoms with Crippen LogP contribution in [0, 0.1) is 34.3 Å². The molecule has 0 aliphatic carbocycles. The molecule has 0 spiro atoms. The normalized spacial score (nSPS) is 14.3. The van der Waals surface area contributed by atoms with Crippen molar-refractivity contribution in [3.8, 4) is 6.07 Å². The first-order valence-electron chi connectivity index (χ1n) is 10.3. The number of carbonyl (C=O) groups is 2. The zero-order valence-electron chi connectivity index (χ0n) is 18.2. The van der Waals surface area contributed by atoms with Crippen LogP contribution in [0.25, 0.3) is 11.2 Å². The van der Waals surface area contributed by atoms with Gasteiger partial charge in [-0.05, 0) is 13.0 Å². The highest BCUT2D eigenvalue weighted by Gasteiger charge is 2.33. The molecule has 0 bridgehead atoms. The van der Waals surface area contributed by atoms with Crippen molar-refractivity contribution >= 4 is 34.4 Å². The van der Waals surface area contributed by atoms with Crippen molar-refractivity contribution < 1.29 is 18.4 Å². The zero-order valence-corrected chi connectivity index (χ0v) is 18.2. The molecule has 174 valence electrons. The van der Waals surface area contributed by atoms with Crippen molar-refractivity contribution in [2.75, 3.05) is 25.5 Å². The summed E-state index contributed by atoms with van der Waals surface area (Å²) in [6.45, 7) is 2.19. The van der Waals surface area contributed by atoms with Crippen molar-refractivity contribution in [1.82, 2.24) is 25.2 Å². The number of aromatic nitrogens is 3. The monoisotopic (exact) mass is 466 g/mol. The average molecular weight is 466 g/mol. The lowest BCUT2D eigenvalue weighted by Crippen LogP contribution is -2.55. The lowest BCUT2D eigenvalue weighted by atomic mass is 10.0. The van der Waals surface area contributed by atoms with Gasteiger partial charge in [0.15, 0.2) is 5.65 Å². The molecule has 2 aromatic heterocycles. The molecule has 3 aromatic rings. The Balaban J connectivity index is 1.58. The van der Waals surface area contributed by atoms with E-state index in [0.717, 1.165) is 6.07 Å². The number of hydrogen-bond acceptors (Lipinski definition) is 7. The predicted octanol–water partition coefficient (Wildman–Crippen LogP) is 1.79. The molecule has 4 N–H and O–H groups in total. The van der Waals surface area contributed by atoms with Gasteiger partial charge < -0.3 is 20.5 Å². The lowest BCUT2D eigenvalue weighted by molar-refractivity contribution is -0.137. The average Bonchev–Trinajstić information content (AvgIpc) is 3.20. The number of fused-ring (bicyclic) bond motifs is 1. The van der Waals surface area contributed by atoms with Crippen molar-refractivity contribution in [2.24, 2.45) is 5.92 Å². The molecule has 1 atom stereocenters. The number of benzene rings is 1. The Morgan fingerprint density at radius 2 is 2.09 bits per heavy atom. The summed E-state index contributed by atoms with van der Waals surface area (Å²) in [5.74, 6) is -2.83. The number of rotatable bonds is 6. The van der Waals surface area contributed by atoms with Crippen molar-refractivity contribution in [3.05, 3.63) is 53.0 Å². The fourth-order valence-electron chi connectivity index (χ4n) is 3.69. The van der Waals surface area contributed by atoms with Crippen LogP contribution in [0.1, 0.15) is 28.5 Å². The molecule has 0 saturated carbocycles. The van der Waals surface area contributed by atoms with Crippen LogP contribution in [0.15, 0.2) is 24.5 Å². The summed E-state index contributed by atoms with van der Waals surface area (Å²) in [4.78, 5) is 38.0. The second-order valence-corrected chi connectivity index (χ2v) is 7.85. The van der Waals surface area contributed by atoms with E-state index in [-0.39, 0.29) is 51.2 Å². The fourth-order valence-corrected chi connectivity index (χ4v) is 3.69. The third-order valence-electron chi connectivity index (χ3n) is 5.55. The molecule has 1 saturated heterocycles. The Labute approximate surface area is 192 Å². The fraction of sp³-hybridized carbons (Fsp3) is 0.273. The van der Waals surface area contributed by atoms with Crippen LogP contribution in [0.3, 0.4) is 0 Å². The van der Waals surface area contributed by atoms with Crippen molar-refractivity contribution in [3.63, 3.8) is 0 Å². The van der Waals surface area contributed by atoms with Gasteiger partial charge in [0.2, 0.25) is 5.91 Å². The highest BCUT2D eigenvalue weighted by Crippen LogP contribution is 2.24. The van der Waals surface area contributed by atoms with E-state index in [4.69, 9.17) is 10.7 Å². The number of hydrogen-bond donors (Lipinski definition) is 4. The molecule has 1 unspecified atom stereocenters. The highest BCUT2D eigenvalue weighted by atomic mass is 19.1. The molecule has 34 heavy (non-hydrogen) atoms. The molecular formula is C22H20F2N8O2. The second-order valence-electron chi connectivity index (χ2n) is 7.85. The quantitative estimate of drug-likeness (QED) is 0.407. The molecule has 4 rings (SSSR count). The number of nitriles is 1. The molecule has 10 nitrogen and oxygen atoms in total. The maximum Gasteiger partial charge on any atom is 0.255 e. The maximum atomic E-state index is 14.5. The summed E-state index contributed by atoms with van der Waals surface area (Å²) < 4.78 is 28.0. The van der Waals surface area contributed by atoms with Gasteiger partial charge in [-0.1, -0.05) is 0 Å². The first-order valence-corrected chi connectivity index (χ1v) is 10.3. The van der Waals surface area contributed by atoms with Gasteiger partial charge in [0, 0.05) is 38.1 Å². The Hall–Kier alpha value is -4.40. The van der Waals surface area contributed by atoms with Crippen LogP contribution in [0.4, 0.5) is 14.5 Å². The number of likely N-dealkylation sites (tertiary alicyclic amines) is 1. The van der Waals surface area contributed by atoms with E-state index in [0.29, 0.717) is 19.2 Å². The number of aromatic amines is 1. The van der Waals surface area contributed by atoms with Crippen LogP contribution < -0.4 is 10.6 Å². The largest absolute Gasteiger partial charge is 0.387 e. The standard InChI is InChI=1S/C22H20F2N8O2/c1-10(22(34)32-8-11(5-25)9-32)30-21(33)13-6-28-20-19(13)31-16(7-29-20)18(26)17-14(24)3-12(23)4-15(17)27-2/h3-4,6-7,10-11,26-27H,8-9H2,1-2H3,(H,28,29)(H,30,33). The van der Waals surface area contributed by atoms with Crippen LogP contribution in [0.2, 0.25) is 0 Å².